The molecule has 0 radical (unpaired) electrons. The lowest BCUT2D eigenvalue weighted by Crippen LogP contribution is -2.48. The summed E-state index contributed by atoms with van der Waals surface area (Å²) in [5.41, 5.74) is 2.22. The lowest BCUT2D eigenvalue weighted by molar-refractivity contribution is -0.140. The third kappa shape index (κ3) is 8.68. The van der Waals surface area contributed by atoms with Gasteiger partial charge in [-0.25, -0.2) is 8.42 Å². The van der Waals surface area contributed by atoms with Gasteiger partial charge in [0, 0.05) is 31.1 Å². The molecule has 0 saturated carbocycles. The summed E-state index contributed by atoms with van der Waals surface area (Å²) in [6, 6.07) is 11.6. The zero-order chi connectivity index (χ0) is 27.0. The Kier molecular flexibility index (Phi) is 11.1. The molecule has 2 rings (SSSR count). The van der Waals surface area contributed by atoms with E-state index >= 15 is 0 Å². The Bertz CT molecular complexity index is 1170. The molecule has 0 heterocycles. The van der Waals surface area contributed by atoms with E-state index in [1.54, 1.807) is 17.9 Å². The molecule has 1 unspecified atom stereocenters. The molecule has 0 spiro atoms. The Hall–Kier alpha value is -2.29. The number of hydrogen-bond acceptors (Lipinski definition) is 4. The second kappa shape index (κ2) is 13.3. The van der Waals surface area contributed by atoms with E-state index in [9.17, 15) is 18.0 Å². The monoisotopic (exact) mass is 555 g/mol. The number of nitrogens with zero attached hydrogens (tertiary/aromatic N) is 2. The van der Waals surface area contributed by atoms with Crippen LogP contribution in [0.25, 0.3) is 0 Å². The third-order valence-electron chi connectivity index (χ3n) is 5.78. The predicted molar refractivity (Wildman–Crippen MR) is 147 cm³/mol. The molecule has 10 heteroatoms. The van der Waals surface area contributed by atoms with Crippen molar-refractivity contribution in [1.82, 2.24) is 10.2 Å². The van der Waals surface area contributed by atoms with Gasteiger partial charge in [-0.1, -0.05) is 61.3 Å². The number of sulfonamides is 1. The molecule has 0 aliphatic carbocycles. The number of rotatable bonds is 12. The number of anilines is 1. The predicted octanol–water partition coefficient (Wildman–Crippen LogP) is 5.04. The van der Waals surface area contributed by atoms with Crippen molar-refractivity contribution in [1.29, 1.82) is 0 Å². The van der Waals surface area contributed by atoms with Gasteiger partial charge in [0.25, 0.3) is 0 Å². The highest BCUT2D eigenvalue weighted by Crippen LogP contribution is 2.31. The van der Waals surface area contributed by atoms with Crippen molar-refractivity contribution in [2.75, 3.05) is 23.7 Å². The van der Waals surface area contributed by atoms with Crippen LogP contribution in [0.3, 0.4) is 0 Å². The molecule has 1 N–H and O–H groups in total. The molecule has 2 aromatic carbocycles. The second-order valence-electron chi connectivity index (χ2n) is 9.30. The van der Waals surface area contributed by atoms with E-state index in [1.807, 2.05) is 45.0 Å². The van der Waals surface area contributed by atoms with Gasteiger partial charge < -0.3 is 10.2 Å². The maximum Gasteiger partial charge on any atom is 0.242 e. The van der Waals surface area contributed by atoms with Gasteiger partial charge in [-0.2, -0.15) is 0 Å². The normalized spacial score (nSPS) is 12.3. The van der Waals surface area contributed by atoms with Gasteiger partial charge in [0.15, 0.2) is 0 Å². The highest BCUT2D eigenvalue weighted by atomic mass is 35.5. The summed E-state index contributed by atoms with van der Waals surface area (Å²) in [5.74, 6) is -0.188. The molecule has 0 aromatic heterocycles. The lowest BCUT2D eigenvalue weighted by Gasteiger charge is -2.30. The van der Waals surface area contributed by atoms with Gasteiger partial charge in [0.2, 0.25) is 21.8 Å². The molecule has 0 aliphatic heterocycles. The SMILES string of the molecule is Cc1ccccc1CN(C(=O)CCCN(c1cc(Cl)ccc1Cl)S(C)(=O)=O)C(C)C(=O)NCC(C)C. The second-order valence-corrected chi connectivity index (χ2v) is 12.0. The highest BCUT2D eigenvalue weighted by molar-refractivity contribution is 7.92. The Morgan fingerprint density at radius 1 is 1.06 bits per heavy atom. The van der Waals surface area contributed by atoms with Crippen LogP contribution in [0, 0.1) is 12.8 Å². The summed E-state index contributed by atoms with van der Waals surface area (Å²) in [5, 5.41) is 3.49. The minimum Gasteiger partial charge on any atom is -0.354 e. The van der Waals surface area contributed by atoms with Gasteiger partial charge in [0.1, 0.15) is 6.04 Å². The van der Waals surface area contributed by atoms with Crippen LogP contribution >= 0.6 is 23.2 Å². The summed E-state index contributed by atoms with van der Waals surface area (Å²) >= 11 is 12.3. The van der Waals surface area contributed by atoms with Gasteiger partial charge in [-0.3, -0.25) is 13.9 Å². The van der Waals surface area contributed by atoms with Crippen LogP contribution in [0.5, 0.6) is 0 Å². The van der Waals surface area contributed by atoms with Crippen molar-refractivity contribution >= 4 is 50.7 Å². The lowest BCUT2D eigenvalue weighted by atomic mass is 10.1. The van der Waals surface area contributed by atoms with Crippen LogP contribution in [-0.2, 0) is 26.2 Å². The summed E-state index contributed by atoms with van der Waals surface area (Å²) < 4.78 is 26.1. The quantitative estimate of drug-likeness (QED) is 0.397. The van der Waals surface area contributed by atoms with Gasteiger partial charge in [0.05, 0.1) is 17.0 Å². The Morgan fingerprint density at radius 3 is 2.33 bits per heavy atom. The molecule has 198 valence electrons. The molecular weight excluding hydrogens is 521 g/mol. The van der Waals surface area contributed by atoms with E-state index in [2.05, 4.69) is 5.32 Å². The largest absolute Gasteiger partial charge is 0.354 e. The summed E-state index contributed by atoms with van der Waals surface area (Å²) in [6.45, 7) is 8.50. The topological polar surface area (TPSA) is 86.8 Å². The number of amides is 2. The van der Waals surface area contributed by atoms with Crippen LogP contribution < -0.4 is 9.62 Å². The zero-order valence-corrected chi connectivity index (χ0v) is 23.8. The first-order valence-electron chi connectivity index (χ1n) is 11.9. The van der Waals surface area contributed by atoms with E-state index in [0.29, 0.717) is 11.6 Å². The molecule has 36 heavy (non-hydrogen) atoms. The van der Waals surface area contributed by atoms with Crippen LogP contribution in [-0.4, -0.2) is 50.5 Å². The van der Waals surface area contributed by atoms with Crippen molar-refractivity contribution in [3.63, 3.8) is 0 Å². The van der Waals surface area contributed by atoms with Gasteiger partial charge in [-0.05, 0) is 55.5 Å². The van der Waals surface area contributed by atoms with Crippen molar-refractivity contribution in [3.8, 4) is 0 Å². The minimum absolute atomic E-state index is 0.0385. The van der Waals surface area contributed by atoms with Crippen molar-refractivity contribution in [2.45, 2.75) is 53.1 Å². The molecular formula is C26H35Cl2N3O4S. The number of halogens is 2. The van der Waals surface area contributed by atoms with Crippen LogP contribution in [0.15, 0.2) is 42.5 Å². The summed E-state index contributed by atoms with van der Waals surface area (Å²) in [6.07, 6.45) is 1.37. The van der Waals surface area contributed by atoms with E-state index in [-0.39, 0.29) is 54.4 Å². The van der Waals surface area contributed by atoms with Crippen molar-refractivity contribution < 1.29 is 18.0 Å². The van der Waals surface area contributed by atoms with Crippen molar-refractivity contribution in [2.24, 2.45) is 5.92 Å². The molecule has 0 saturated heterocycles. The first kappa shape index (κ1) is 29.9. The van der Waals surface area contributed by atoms with Crippen molar-refractivity contribution in [3.05, 3.63) is 63.6 Å². The smallest absolute Gasteiger partial charge is 0.242 e. The molecule has 1 atom stereocenters. The van der Waals surface area contributed by atoms with Gasteiger partial charge in [-0.15, -0.1) is 0 Å². The fourth-order valence-corrected chi connectivity index (χ4v) is 5.07. The summed E-state index contributed by atoms with van der Waals surface area (Å²) in [4.78, 5) is 27.7. The first-order chi connectivity index (χ1) is 16.8. The maximum absolute atomic E-state index is 13.4. The Balaban J connectivity index is 2.21. The van der Waals surface area contributed by atoms with E-state index in [1.165, 1.54) is 12.1 Å². The first-order valence-corrected chi connectivity index (χ1v) is 14.5. The summed E-state index contributed by atoms with van der Waals surface area (Å²) in [7, 11) is -3.67. The standard InChI is InChI=1S/C26H35Cl2N3O4S/c1-18(2)16-29-26(33)20(4)30(17-21-10-7-6-9-19(21)3)25(32)11-8-14-31(36(5,34)35)24-15-22(27)12-13-23(24)28/h6-7,9-10,12-13,15,18,20H,8,11,14,16-17H2,1-5H3,(H,29,33). The molecule has 2 amide bonds. The zero-order valence-electron chi connectivity index (χ0n) is 21.4. The Morgan fingerprint density at radius 2 is 1.72 bits per heavy atom. The fourth-order valence-electron chi connectivity index (χ4n) is 3.67. The van der Waals surface area contributed by atoms with E-state index in [0.717, 1.165) is 21.7 Å². The number of benzene rings is 2. The molecule has 2 aromatic rings. The number of hydrogen-bond donors (Lipinski definition) is 1. The van der Waals surface area contributed by atoms with Gasteiger partial charge >= 0.3 is 0 Å². The molecule has 0 fully saturated rings. The van der Waals surface area contributed by atoms with Crippen LogP contribution in [0.1, 0.15) is 44.7 Å². The molecule has 0 aliphatic rings. The average Bonchev–Trinajstić information content (AvgIpc) is 2.80. The molecule has 7 nitrogen and oxygen atoms in total. The number of aryl methyl sites for hydroxylation is 1. The number of carbonyl (C=O) groups excluding carboxylic acids is 2. The number of nitrogens with one attached hydrogen (secondary N) is 1. The third-order valence-corrected chi connectivity index (χ3v) is 7.52. The van der Waals surface area contributed by atoms with E-state index in [4.69, 9.17) is 23.2 Å². The van der Waals surface area contributed by atoms with Crippen LogP contribution in [0.4, 0.5) is 5.69 Å². The average molecular weight is 557 g/mol. The fraction of sp³-hybridized carbons (Fsp3) is 0.462. The van der Waals surface area contributed by atoms with E-state index < -0.39 is 16.1 Å². The maximum atomic E-state index is 13.4. The minimum atomic E-state index is -3.67. The number of carbonyl (C=O) groups is 2. The Labute approximate surface area is 224 Å². The van der Waals surface area contributed by atoms with Crippen LogP contribution in [0.2, 0.25) is 10.0 Å². The highest BCUT2D eigenvalue weighted by Gasteiger charge is 2.27. The molecule has 0 bridgehead atoms.